The average Bonchev–Trinajstić information content (AvgIpc) is 2.48. The van der Waals surface area contributed by atoms with E-state index in [0.717, 1.165) is 32.6 Å². The second kappa shape index (κ2) is 7.15. The molecule has 20 heavy (non-hydrogen) atoms. The maximum atomic E-state index is 6.67. The van der Waals surface area contributed by atoms with E-state index in [1.54, 1.807) is 0 Å². The number of alkyl halides is 1. The van der Waals surface area contributed by atoms with Gasteiger partial charge in [0, 0.05) is 8.59 Å². The fraction of sp³-hybridized carbons (Fsp3) is 0.294. The van der Waals surface area contributed by atoms with Crippen LogP contribution < -0.4 is 0 Å². The van der Waals surface area contributed by atoms with E-state index in [-0.39, 0.29) is 5.38 Å². The van der Waals surface area contributed by atoms with Crippen molar-refractivity contribution in [3.05, 3.63) is 67.2 Å². The van der Waals surface area contributed by atoms with Crippen molar-refractivity contribution in [2.24, 2.45) is 0 Å². The number of benzene rings is 2. The first-order valence-corrected chi connectivity index (χ1v) is 8.66. The Bertz CT molecular complexity index is 608. The quantitative estimate of drug-likeness (QED) is 0.398. The van der Waals surface area contributed by atoms with Gasteiger partial charge in [-0.05, 0) is 75.9 Å². The van der Waals surface area contributed by atoms with Gasteiger partial charge < -0.3 is 0 Å². The highest BCUT2D eigenvalue weighted by atomic mass is 127. The van der Waals surface area contributed by atoms with Crippen LogP contribution in [-0.2, 0) is 12.8 Å². The van der Waals surface area contributed by atoms with Gasteiger partial charge in [0.25, 0.3) is 0 Å². The van der Waals surface area contributed by atoms with Crippen LogP contribution in [0.3, 0.4) is 0 Å². The van der Waals surface area contributed by atoms with E-state index in [0.29, 0.717) is 0 Å². The van der Waals surface area contributed by atoms with Crippen molar-refractivity contribution in [1.29, 1.82) is 0 Å². The summed E-state index contributed by atoms with van der Waals surface area (Å²) in [5.41, 5.74) is 5.00. The predicted octanol–water partition coefficient (Wildman–Crippen LogP) is 6.40. The fourth-order valence-electron chi connectivity index (χ4n) is 2.37. The molecule has 0 aromatic heterocycles. The lowest BCUT2D eigenvalue weighted by atomic mass is 9.96. The Balaban J connectivity index is 2.42. The number of aryl methyl sites for hydroxylation is 2. The van der Waals surface area contributed by atoms with E-state index in [9.17, 15) is 0 Å². The summed E-state index contributed by atoms with van der Waals surface area (Å²) in [6.45, 7) is 4.37. The molecule has 0 heterocycles. The summed E-state index contributed by atoms with van der Waals surface area (Å²) in [5, 5.41) is 0.573. The van der Waals surface area contributed by atoms with Gasteiger partial charge in [-0.3, -0.25) is 0 Å². The molecule has 0 amide bonds. The van der Waals surface area contributed by atoms with E-state index in [1.165, 1.54) is 11.1 Å². The minimum Gasteiger partial charge on any atom is -0.113 e. The molecule has 0 spiro atoms. The summed E-state index contributed by atoms with van der Waals surface area (Å²) in [4.78, 5) is 0. The van der Waals surface area contributed by atoms with Gasteiger partial charge in [0.2, 0.25) is 0 Å². The van der Waals surface area contributed by atoms with Crippen LogP contribution >= 0.6 is 45.8 Å². The summed E-state index contributed by atoms with van der Waals surface area (Å²) >= 11 is 15.1. The summed E-state index contributed by atoms with van der Waals surface area (Å²) in [7, 11) is 0. The van der Waals surface area contributed by atoms with Crippen LogP contribution in [0.2, 0.25) is 5.02 Å². The van der Waals surface area contributed by atoms with Crippen molar-refractivity contribution < 1.29 is 0 Å². The standard InChI is InChI=1S/C17H17Cl2I/c1-3-11-5-6-13(9-12(11)4-2)17(19)15-10-14(18)7-8-16(15)20/h5-10,17H,3-4H2,1-2H3. The van der Waals surface area contributed by atoms with Crippen LogP contribution in [0.15, 0.2) is 36.4 Å². The smallest absolute Gasteiger partial charge is 0.0846 e. The minimum absolute atomic E-state index is 0.156. The summed E-state index contributed by atoms with van der Waals surface area (Å²) in [6, 6.07) is 12.4. The first kappa shape index (κ1) is 16.1. The van der Waals surface area contributed by atoms with Gasteiger partial charge in [0.1, 0.15) is 0 Å². The van der Waals surface area contributed by atoms with Crippen LogP contribution in [0.4, 0.5) is 0 Å². The van der Waals surface area contributed by atoms with E-state index < -0.39 is 0 Å². The third kappa shape index (κ3) is 3.49. The zero-order chi connectivity index (χ0) is 14.7. The van der Waals surface area contributed by atoms with Crippen molar-refractivity contribution in [3.8, 4) is 0 Å². The number of halogens is 3. The Morgan fingerprint density at radius 1 is 1.00 bits per heavy atom. The second-order valence-corrected chi connectivity index (χ2v) is 6.80. The lowest BCUT2D eigenvalue weighted by Crippen LogP contribution is -1.99. The van der Waals surface area contributed by atoms with Crippen LogP contribution in [0.25, 0.3) is 0 Å². The summed E-state index contributed by atoms with van der Waals surface area (Å²) in [6.07, 6.45) is 2.10. The molecular weight excluding hydrogens is 402 g/mol. The molecule has 3 heteroatoms. The lowest BCUT2D eigenvalue weighted by molar-refractivity contribution is 1.01. The van der Waals surface area contributed by atoms with Crippen LogP contribution in [0.1, 0.15) is 41.5 Å². The number of hydrogen-bond donors (Lipinski definition) is 0. The van der Waals surface area contributed by atoms with Gasteiger partial charge in [-0.25, -0.2) is 0 Å². The molecular formula is C17H17Cl2I. The van der Waals surface area contributed by atoms with E-state index in [2.05, 4.69) is 54.6 Å². The molecule has 1 unspecified atom stereocenters. The van der Waals surface area contributed by atoms with Crippen molar-refractivity contribution >= 4 is 45.8 Å². The zero-order valence-corrected chi connectivity index (χ0v) is 15.3. The molecule has 1 atom stereocenters. The molecule has 0 N–H and O–H groups in total. The SMILES string of the molecule is CCc1ccc(C(Cl)c2cc(Cl)ccc2I)cc1CC. The number of hydrogen-bond acceptors (Lipinski definition) is 0. The van der Waals surface area contributed by atoms with Crippen molar-refractivity contribution in [3.63, 3.8) is 0 Å². The minimum atomic E-state index is -0.156. The molecule has 0 aliphatic carbocycles. The Morgan fingerprint density at radius 2 is 1.70 bits per heavy atom. The highest BCUT2D eigenvalue weighted by molar-refractivity contribution is 14.1. The third-order valence-electron chi connectivity index (χ3n) is 3.52. The van der Waals surface area contributed by atoms with Gasteiger partial charge >= 0.3 is 0 Å². The van der Waals surface area contributed by atoms with Crippen molar-refractivity contribution in [2.75, 3.05) is 0 Å². The molecule has 0 saturated carbocycles. The summed E-state index contributed by atoms with van der Waals surface area (Å²) in [5.74, 6) is 0. The van der Waals surface area contributed by atoms with Crippen LogP contribution in [-0.4, -0.2) is 0 Å². The van der Waals surface area contributed by atoms with Gasteiger partial charge in [0.15, 0.2) is 0 Å². The molecule has 0 saturated heterocycles. The fourth-order valence-corrected chi connectivity index (χ4v) is 3.69. The molecule has 0 bridgehead atoms. The predicted molar refractivity (Wildman–Crippen MR) is 97.1 cm³/mol. The normalized spacial score (nSPS) is 12.4. The zero-order valence-electron chi connectivity index (χ0n) is 11.6. The first-order chi connectivity index (χ1) is 9.56. The van der Waals surface area contributed by atoms with E-state index in [1.807, 2.05) is 18.2 Å². The Morgan fingerprint density at radius 3 is 2.35 bits per heavy atom. The number of rotatable bonds is 4. The molecule has 0 fully saturated rings. The van der Waals surface area contributed by atoms with E-state index >= 15 is 0 Å². The topological polar surface area (TPSA) is 0 Å². The van der Waals surface area contributed by atoms with Gasteiger partial charge in [0.05, 0.1) is 5.38 Å². The molecule has 0 aliphatic heterocycles. The average molecular weight is 419 g/mol. The maximum absolute atomic E-state index is 6.67. The largest absolute Gasteiger partial charge is 0.113 e. The molecule has 106 valence electrons. The highest BCUT2D eigenvalue weighted by Crippen LogP contribution is 2.34. The molecule has 0 radical (unpaired) electrons. The third-order valence-corrected chi connectivity index (χ3v) is 5.22. The van der Waals surface area contributed by atoms with Crippen LogP contribution in [0.5, 0.6) is 0 Å². The van der Waals surface area contributed by atoms with Gasteiger partial charge in [-0.2, -0.15) is 0 Å². The van der Waals surface area contributed by atoms with Gasteiger partial charge in [-0.15, -0.1) is 11.6 Å². The molecule has 2 rings (SSSR count). The molecule has 2 aromatic carbocycles. The summed E-state index contributed by atoms with van der Waals surface area (Å²) < 4.78 is 1.14. The Hall–Kier alpha value is -0.250. The van der Waals surface area contributed by atoms with Gasteiger partial charge in [-0.1, -0.05) is 43.6 Å². The van der Waals surface area contributed by atoms with E-state index in [4.69, 9.17) is 23.2 Å². The van der Waals surface area contributed by atoms with Crippen molar-refractivity contribution in [1.82, 2.24) is 0 Å². The molecule has 2 aromatic rings. The van der Waals surface area contributed by atoms with Crippen LogP contribution in [0, 0.1) is 3.57 Å². The maximum Gasteiger partial charge on any atom is 0.0846 e. The molecule has 0 aliphatic rings. The monoisotopic (exact) mass is 418 g/mol. The lowest BCUT2D eigenvalue weighted by Gasteiger charge is -2.15. The second-order valence-electron chi connectivity index (χ2n) is 4.76. The molecule has 0 nitrogen and oxygen atoms in total. The van der Waals surface area contributed by atoms with Crippen molar-refractivity contribution in [2.45, 2.75) is 32.1 Å². The Labute approximate surface area is 144 Å². The first-order valence-electron chi connectivity index (χ1n) is 6.77. The highest BCUT2D eigenvalue weighted by Gasteiger charge is 2.15. The Kier molecular flexibility index (Phi) is 5.76.